The van der Waals surface area contributed by atoms with Crippen LogP contribution >= 0.6 is 11.3 Å². The Morgan fingerprint density at radius 3 is 2.26 bits per heavy atom. The lowest BCUT2D eigenvalue weighted by Gasteiger charge is -2.24. The first-order valence-corrected chi connectivity index (χ1v) is 12.4. The number of hydrogen-bond donors (Lipinski definition) is 3. The molecule has 8 heteroatoms. The second kappa shape index (κ2) is 10.5. The van der Waals surface area contributed by atoms with E-state index in [0.717, 1.165) is 45.7 Å². The molecule has 1 aromatic heterocycles. The number of anilines is 3. The van der Waals surface area contributed by atoms with Crippen molar-refractivity contribution in [3.63, 3.8) is 0 Å². The summed E-state index contributed by atoms with van der Waals surface area (Å²) in [4.78, 5) is 30.6. The predicted octanol–water partition coefficient (Wildman–Crippen LogP) is 6.97. The highest BCUT2D eigenvalue weighted by Gasteiger charge is 2.21. The van der Waals surface area contributed by atoms with Gasteiger partial charge in [0, 0.05) is 5.69 Å². The summed E-state index contributed by atoms with van der Waals surface area (Å²) in [5, 5.41) is 8.94. The van der Waals surface area contributed by atoms with E-state index in [0.29, 0.717) is 27.1 Å². The number of amides is 3. The molecule has 1 heterocycles. The van der Waals surface area contributed by atoms with Crippen molar-refractivity contribution < 1.29 is 14.3 Å². The first-order chi connectivity index (χ1) is 16.4. The summed E-state index contributed by atoms with van der Waals surface area (Å²) in [5.41, 5.74) is 6.11. The highest BCUT2D eigenvalue weighted by Crippen LogP contribution is 2.34. The van der Waals surface area contributed by atoms with Crippen molar-refractivity contribution in [3.05, 3.63) is 63.2 Å². The first kappa shape index (κ1) is 26.2. The van der Waals surface area contributed by atoms with Crippen molar-refractivity contribution in [1.82, 2.24) is 4.98 Å². The number of urea groups is 1. The van der Waals surface area contributed by atoms with E-state index in [1.807, 2.05) is 51.1 Å². The minimum absolute atomic E-state index is 0.0397. The van der Waals surface area contributed by atoms with Crippen LogP contribution in [0.5, 0.6) is 5.75 Å². The molecular formula is C27H34N4O3S. The standard InChI is InChI=1S/C27H34N4O3S/c1-9-27(6,7)19-10-11-21(34-8)20(14-19)29-25(33)31-26-28-18(5)23(35-26)24(32)30-22-16(3)12-15(2)13-17(22)4/h10-14H,9H2,1-8H3,(H,30,32)(H2,28,29,31,33). The zero-order valence-corrected chi connectivity index (χ0v) is 22.5. The predicted molar refractivity (Wildman–Crippen MR) is 144 cm³/mol. The fourth-order valence-corrected chi connectivity index (χ4v) is 4.75. The van der Waals surface area contributed by atoms with E-state index in [1.165, 1.54) is 0 Å². The third-order valence-electron chi connectivity index (χ3n) is 6.25. The molecule has 0 bridgehead atoms. The van der Waals surface area contributed by atoms with Gasteiger partial charge < -0.3 is 15.4 Å². The quantitative estimate of drug-likeness (QED) is 0.331. The average Bonchev–Trinajstić information content (AvgIpc) is 3.15. The number of aryl methyl sites for hydroxylation is 4. The number of hydrogen-bond acceptors (Lipinski definition) is 5. The number of rotatable bonds is 7. The zero-order valence-electron chi connectivity index (χ0n) is 21.7. The van der Waals surface area contributed by atoms with E-state index in [9.17, 15) is 9.59 Å². The Hall–Kier alpha value is -3.39. The van der Waals surface area contributed by atoms with Crippen molar-refractivity contribution >= 4 is 39.8 Å². The number of benzene rings is 2. The Morgan fingerprint density at radius 1 is 1.00 bits per heavy atom. The average molecular weight is 495 g/mol. The molecule has 0 fully saturated rings. The maximum Gasteiger partial charge on any atom is 0.325 e. The van der Waals surface area contributed by atoms with Crippen LogP contribution in [0, 0.1) is 27.7 Å². The van der Waals surface area contributed by atoms with E-state index in [-0.39, 0.29) is 11.3 Å². The maximum absolute atomic E-state index is 13.0. The van der Waals surface area contributed by atoms with Gasteiger partial charge in [-0.15, -0.1) is 0 Å². The Balaban J connectivity index is 1.76. The van der Waals surface area contributed by atoms with E-state index in [1.54, 1.807) is 14.0 Å². The van der Waals surface area contributed by atoms with E-state index in [2.05, 4.69) is 41.7 Å². The van der Waals surface area contributed by atoms with Gasteiger partial charge in [0.25, 0.3) is 5.91 Å². The molecule has 0 aliphatic rings. The SMILES string of the molecule is CCC(C)(C)c1ccc(OC)c(NC(=O)Nc2nc(C)c(C(=O)Nc3c(C)cc(C)cc3C)s2)c1. The van der Waals surface area contributed by atoms with Crippen LogP contribution in [0.15, 0.2) is 30.3 Å². The van der Waals surface area contributed by atoms with Gasteiger partial charge in [0.1, 0.15) is 10.6 Å². The third-order valence-corrected chi connectivity index (χ3v) is 7.32. The maximum atomic E-state index is 13.0. The van der Waals surface area contributed by atoms with Crippen molar-refractivity contribution in [2.45, 2.75) is 60.3 Å². The van der Waals surface area contributed by atoms with E-state index < -0.39 is 6.03 Å². The summed E-state index contributed by atoms with van der Waals surface area (Å²) in [6.45, 7) is 14.2. The molecule has 35 heavy (non-hydrogen) atoms. The highest BCUT2D eigenvalue weighted by atomic mass is 32.1. The number of carbonyl (C=O) groups is 2. The highest BCUT2D eigenvalue weighted by molar-refractivity contribution is 7.17. The van der Waals surface area contributed by atoms with Crippen LogP contribution in [-0.4, -0.2) is 24.0 Å². The molecule has 0 unspecified atom stereocenters. The molecule has 186 valence electrons. The summed E-state index contributed by atoms with van der Waals surface area (Å²) in [6, 6.07) is 9.40. The number of aromatic nitrogens is 1. The lowest BCUT2D eigenvalue weighted by molar-refractivity contribution is 0.102. The van der Waals surface area contributed by atoms with E-state index >= 15 is 0 Å². The smallest absolute Gasteiger partial charge is 0.325 e. The summed E-state index contributed by atoms with van der Waals surface area (Å²) >= 11 is 1.14. The lowest BCUT2D eigenvalue weighted by atomic mass is 9.82. The van der Waals surface area contributed by atoms with E-state index in [4.69, 9.17) is 4.74 Å². The lowest BCUT2D eigenvalue weighted by Crippen LogP contribution is -2.21. The van der Waals surface area contributed by atoms with Crippen molar-refractivity contribution in [1.29, 1.82) is 0 Å². The van der Waals surface area contributed by atoms with Crippen LogP contribution in [0.25, 0.3) is 0 Å². The molecule has 0 atom stereocenters. The largest absolute Gasteiger partial charge is 0.495 e. The summed E-state index contributed by atoms with van der Waals surface area (Å²) in [7, 11) is 1.57. The van der Waals surface area contributed by atoms with Gasteiger partial charge in [0.2, 0.25) is 0 Å². The number of nitrogens with one attached hydrogen (secondary N) is 3. The zero-order chi connectivity index (χ0) is 25.9. The van der Waals surface area contributed by atoms with Crippen molar-refractivity contribution in [2.24, 2.45) is 0 Å². The number of nitrogens with zero attached hydrogens (tertiary/aromatic N) is 1. The molecule has 0 spiro atoms. The monoisotopic (exact) mass is 494 g/mol. The van der Waals surface area contributed by atoms with Crippen LogP contribution in [0.4, 0.5) is 21.3 Å². The molecule has 0 aliphatic heterocycles. The van der Waals surface area contributed by atoms with Gasteiger partial charge in [-0.25, -0.2) is 9.78 Å². The van der Waals surface area contributed by atoms with Crippen molar-refractivity contribution in [2.75, 3.05) is 23.1 Å². The van der Waals surface area contributed by atoms with Gasteiger partial charge >= 0.3 is 6.03 Å². The van der Waals surface area contributed by atoms with Gasteiger partial charge in [-0.05, 0) is 68.4 Å². The molecule has 0 saturated heterocycles. The minimum Gasteiger partial charge on any atom is -0.495 e. The molecule has 0 aliphatic carbocycles. The van der Waals surface area contributed by atoms with Crippen LogP contribution < -0.4 is 20.7 Å². The molecule has 3 rings (SSSR count). The molecule has 3 N–H and O–H groups in total. The Morgan fingerprint density at radius 2 is 1.66 bits per heavy atom. The fraction of sp³-hybridized carbons (Fsp3) is 0.370. The second-order valence-electron chi connectivity index (χ2n) is 9.39. The Kier molecular flexibility index (Phi) is 7.85. The topological polar surface area (TPSA) is 92.3 Å². The molecule has 3 aromatic rings. The van der Waals surface area contributed by atoms with Crippen molar-refractivity contribution in [3.8, 4) is 5.75 Å². The van der Waals surface area contributed by atoms with Crippen LogP contribution in [0.3, 0.4) is 0 Å². The van der Waals surface area contributed by atoms with Gasteiger partial charge in [0.15, 0.2) is 5.13 Å². The van der Waals surface area contributed by atoms with Crippen LogP contribution in [-0.2, 0) is 5.41 Å². The van der Waals surface area contributed by atoms with Gasteiger partial charge in [-0.3, -0.25) is 10.1 Å². The Labute approximate surface area is 211 Å². The summed E-state index contributed by atoms with van der Waals surface area (Å²) in [6.07, 6.45) is 0.954. The number of ether oxygens (including phenoxy) is 1. The molecule has 2 aromatic carbocycles. The third kappa shape index (κ3) is 6.00. The molecule has 7 nitrogen and oxygen atoms in total. The Bertz CT molecular complexity index is 1240. The van der Waals surface area contributed by atoms with Crippen LogP contribution in [0.2, 0.25) is 0 Å². The summed E-state index contributed by atoms with van der Waals surface area (Å²) in [5.74, 6) is 0.315. The van der Waals surface area contributed by atoms with Gasteiger partial charge in [-0.1, -0.05) is 55.9 Å². The van der Waals surface area contributed by atoms with Gasteiger partial charge in [0.05, 0.1) is 18.5 Å². The van der Waals surface area contributed by atoms with Gasteiger partial charge in [-0.2, -0.15) is 0 Å². The number of carbonyl (C=O) groups excluding carboxylic acids is 2. The second-order valence-corrected chi connectivity index (χ2v) is 10.4. The molecule has 0 saturated carbocycles. The number of thiazole rings is 1. The molecule has 0 radical (unpaired) electrons. The minimum atomic E-state index is -0.458. The molecule has 3 amide bonds. The van der Waals surface area contributed by atoms with Crippen LogP contribution in [0.1, 0.15) is 64.8 Å². The number of methoxy groups -OCH3 is 1. The fourth-order valence-electron chi connectivity index (χ4n) is 3.89. The molecular weight excluding hydrogens is 460 g/mol. The summed E-state index contributed by atoms with van der Waals surface area (Å²) < 4.78 is 5.43. The first-order valence-electron chi connectivity index (χ1n) is 11.6. The normalized spacial score (nSPS) is 11.2.